The number of halogens is 6. The molecule has 2 aromatic rings. The molecule has 0 saturated carbocycles. The van der Waals surface area contributed by atoms with Crippen LogP contribution in [0.1, 0.15) is 38.3 Å². The third kappa shape index (κ3) is 10.1. The second kappa shape index (κ2) is 13.8. The summed E-state index contributed by atoms with van der Waals surface area (Å²) in [6, 6.07) is 3.92. The SMILES string of the molecule is CC(C)CNC(=O)C1Cn2ccnc2C2(CCN(Cc3ccco3)CC2)O1.O=C(O)C(F)(F)F.O=C(O)C(F)(F)F. The predicted molar refractivity (Wildman–Crippen MR) is 127 cm³/mol. The molecule has 1 amide bonds. The molecule has 2 aliphatic heterocycles. The number of piperidine rings is 1. The van der Waals surface area contributed by atoms with Gasteiger partial charge in [0.25, 0.3) is 5.91 Å². The summed E-state index contributed by atoms with van der Waals surface area (Å²) in [5.74, 6) is -3.20. The van der Waals surface area contributed by atoms with Crippen molar-refractivity contribution in [1.29, 1.82) is 0 Å². The summed E-state index contributed by atoms with van der Waals surface area (Å²) in [7, 11) is 0. The van der Waals surface area contributed by atoms with Gasteiger partial charge in [0.15, 0.2) is 6.10 Å². The third-order valence-electron chi connectivity index (χ3n) is 5.94. The van der Waals surface area contributed by atoms with Crippen LogP contribution in [0.3, 0.4) is 0 Å². The number of likely N-dealkylation sites (tertiary alicyclic amines) is 1. The van der Waals surface area contributed by atoms with Gasteiger partial charge in [-0.1, -0.05) is 13.8 Å². The molecule has 11 nitrogen and oxygen atoms in total. The van der Waals surface area contributed by atoms with Crippen LogP contribution in [-0.4, -0.2) is 80.6 Å². The van der Waals surface area contributed by atoms with Gasteiger partial charge in [-0.15, -0.1) is 0 Å². The van der Waals surface area contributed by atoms with Gasteiger partial charge in [0.2, 0.25) is 0 Å². The van der Waals surface area contributed by atoms with Gasteiger partial charge in [-0.2, -0.15) is 26.3 Å². The van der Waals surface area contributed by atoms with E-state index in [0.29, 0.717) is 19.0 Å². The molecule has 1 atom stereocenters. The van der Waals surface area contributed by atoms with E-state index in [4.69, 9.17) is 29.0 Å². The van der Waals surface area contributed by atoms with Crippen LogP contribution >= 0.6 is 0 Å². The highest BCUT2D eigenvalue weighted by atomic mass is 19.4. The van der Waals surface area contributed by atoms with E-state index in [1.54, 1.807) is 6.26 Å². The van der Waals surface area contributed by atoms with Crippen LogP contribution in [0.4, 0.5) is 26.3 Å². The summed E-state index contributed by atoms with van der Waals surface area (Å²) in [6.45, 7) is 7.94. The molecule has 17 heteroatoms. The average molecular weight is 601 g/mol. The predicted octanol–water partition coefficient (Wildman–Crippen LogP) is 3.41. The Morgan fingerprint density at radius 2 is 1.66 bits per heavy atom. The Bertz CT molecular complexity index is 1120. The molecule has 3 N–H and O–H groups in total. The number of nitrogens with zero attached hydrogens (tertiary/aromatic N) is 3. The van der Waals surface area contributed by atoms with Crippen LogP contribution in [0.15, 0.2) is 35.2 Å². The lowest BCUT2D eigenvalue weighted by Crippen LogP contribution is -2.54. The van der Waals surface area contributed by atoms with Gasteiger partial charge in [-0.05, 0) is 30.9 Å². The number of carboxylic acid groups (broad SMARTS) is 2. The monoisotopic (exact) mass is 600 g/mol. The van der Waals surface area contributed by atoms with Gasteiger partial charge >= 0.3 is 24.3 Å². The van der Waals surface area contributed by atoms with Crippen molar-refractivity contribution in [1.82, 2.24) is 19.8 Å². The van der Waals surface area contributed by atoms with E-state index in [-0.39, 0.29) is 5.91 Å². The summed E-state index contributed by atoms with van der Waals surface area (Å²) < 4.78 is 77.5. The molecule has 1 spiro atoms. The zero-order chi connectivity index (χ0) is 31.0. The van der Waals surface area contributed by atoms with Crippen LogP contribution in [0.5, 0.6) is 0 Å². The van der Waals surface area contributed by atoms with Gasteiger partial charge in [-0.25, -0.2) is 14.6 Å². The number of hydrogen-bond acceptors (Lipinski definition) is 7. The van der Waals surface area contributed by atoms with Crippen molar-refractivity contribution in [3.05, 3.63) is 42.4 Å². The van der Waals surface area contributed by atoms with Crippen molar-refractivity contribution in [3.63, 3.8) is 0 Å². The number of amides is 1. The number of carbonyl (C=O) groups excluding carboxylic acids is 1. The number of fused-ring (bicyclic) bond motifs is 2. The van der Waals surface area contributed by atoms with E-state index in [2.05, 4.69) is 33.6 Å². The normalized spacial score (nSPS) is 18.4. The molecule has 1 saturated heterocycles. The second-order valence-corrected chi connectivity index (χ2v) is 9.60. The van der Waals surface area contributed by atoms with Gasteiger partial charge < -0.3 is 29.3 Å². The number of carbonyl (C=O) groups is 3. The third-order valence-corrected chi connectivity index (χ3v) is 5.94. The number of aliphatic carboxylic acids is 2. The number of furan rings is 1. The Morgan fingerprint density at radius 3 is 2.12 bits per heavy atom. The second-order valence-electron chi connectivity index (χ2n) is 9.60. The zero-order valence-electron chi connectivity index (χ0n) is 22.0. The van der Waals surface area contributed by atoms with Gasteiger partial charge in [0.1, 0.15) is 17.2 Å². The lowest BCUT2D eigenvalue weighted by Gasteiger charge is -2.45. The Hall–Kier alpha value is -3.60. The molecule has 2 aromatic heterocycles. The van der Waals surface area contributed by atoms with E-state index < -0.39 is 36.0 Å². The Labute approximate surface area is 230 Å². The van der Waals surface area contributed by atoms with E-state index >= 15 is 0 Å². The lowest BCUT2D eigenvalue weighted by molar-refractivity contribution is -0.193. The van der Waals surface area contributed by atoms with Gasteiger partial charge in [-0.3, -0.25) is 9.69 Å². The first-order valence-electron chi connectivity index (χ1n) is 12.3. The standard InChI is InChI=1S/C20H28N4O3.2C2HF3O2/c1-15(2)12-22-18(25)17-14-24-10-7-21-19(24)20(27-17)5-8-23(9-6-20)13-16-4-3-11-26-16;2*3-2(4,5)1(6)7/h3-4,7,10-11,15,17H,5-6,8-9,12-14H2,1-2H3,(H,22,25);2*(H,6,7). The zero-order valence-corrected chi connectivity index (χ0v) is 22.0. The van der Waals surface area contributed by atoms with Crippen molar-refractivity contribution in [2.45, 2.75) is 63.8 Å². The van der Waals surface area contributed by atoms with Crippen LogP contribution in [0, 0.1) is 5.92 Å². The molecule has 41 heavy (non-hydrogen) atoms. The number of hydrogen-bond donors (Lipinski definition) is 3. The smallest absolute Gasteiger partial charge is 0.475 e. The molecule has 2 aliphatic rings. The number of rotatable bonds is 5. The van der Waals surface area contributed by atoms with E-state index in [1.807, 2.05) is 24.5 Å². The van der Waals surface area contributed by atoms with Crippen LogP contribution in [0.2, 0.25) is 0 Å². The first-order valence-corrected chi connectivity index (χ1v) is 12.3. The maximum Gasteiger partial charge on any atom is 0.490 e. The first-order chi connectivity index (χ1) is 18.9. The molecule has 4 heterocycles. The van der Waals surface area contributed by atoms with Crippen molar-refractivity contribution in [2.24, 2.45) is 5.92 Å². The molecule has 1 fully saturated rings. The highest BCUT2D eigenvalue weighted by molar-refractivity contribution is 5.81. The molecule has 4 rings (SSSR count). The molecule has 0 aliphatic carbocycles. The topological polar surface area (TPSA) is 147 Å². The maximum atomic E-state index is 12.6. The minimum absolute atomic E-state index is 0.0274. The largest absolute Gasteiger partial charge is 0.490 e. The minimum Gasteiger partial charge on any atom is -0.475 e. The summed E-state index contributed by atoms with van der Waals surface area (Å²) >= 11 is 0. The fourth-order valence-electron chi connectivity index (χ4n) is 3.99. The lowest BCUT2D eigenvalue weighted by atomic mass is 9.88. The highest BCUT2D eigenvalue weighted by Gasteiger charge is 2.47. The van der Waals surface area contributed by atoms with E-state index in [1.165, 1.54) is 0 Å². The van der Waals surface area contributed by atoms with Crippen LogP contribution in [0.25, 0.3) is 0 Å². The number of alkyl halides is 6. The summed E-state index contributed by atoms with van der Waals surface area (Å²) in [5, 5.41) is 17.3. The first kappa shape index (κ1) is 33.6. The number of carboxylic acids is 2. The van der Waals surface area contributed by atoms with Crippen molar-refractivity contribution in [3.8, 4) is 0 Å². The van der Waals surface area contributed by atoms with Crippen molar-refractivity contribution in [2.75, 3.05) is 19.6 Å². The molecule has 230 valence electrons. The number of nitrogens with one attached hydrogen (secondary N) is 1. The molecular formula is C24H30F6N4O7. The van der Waals surface area contributed by atoms with E-state index in [0.717, 1.165) is 44.1 Å². The molecule has 1 unspecified atom stereocenters. The molecular weight excluding hydrogens is 570 g/mol. The van der Waals surface area contributed by atoms with Crippen molar-refractivity contribution >= 4 is 17.8 Å². The molecule has 0 bridgehead atoms. The Balaban J connectivity index is 0.000000349. The fraction of sp³-hybridized carbons (Fsp3) is 0.583. The Kier molecular flexibility index (Phi) is 11.3. The van der Waals surface area contributed by atoms with Gasteiger partial charge in [0.05, 0.1) is 19.4 Å². The molecule has 0 radical (unpaired) electrons. The number of imidazole rings is 1. The number of aromatic nitrogens is 2. The maximum absolute atomic E-state index is 12.6. The summed E-state index contributed by atoms with van der Waals surface area (Å²) in [4.78, 5) is 37.4. The van der Waals surface area contributed by atoms with Crippen molar-refractivity contribution < 1.29 is 60.1 Å². The Morgan fingerprint density at radius 1 is 1.10 bits per heavy atom. The van der Waals surface area contributed by atoms with E-state index in [9.17, 15) is 31.1 Å². The van der Waals surface area contributed by atoms with Gasteiger partial charge in [0, 0.05) is 32.0 Å². The molecule has 0 aromatic carbocycles. The summed E-state index contributed by atoms with van der Waals surface area (Å²) in [5.41, 5.74) is -0.485. The average Bonchev–Trinajstić information content (AvgIpc) is 3.56. The van der Waals surface area contributed by atoms with Crippen LogP contribution in [-0.2, 0) is 37.8 Å². The quantitative estimate of drug-likeness (QED) is 0.440. The summed E-state index contributed by atoms with van der Waals surface area (Å²) in [6.07, 6.45) is -3.52. The minimum atomic E-state index is -5.08. The fourth-order valence-corrected chi connectivity index (χ4v) is 3.99. The number of ether oxygens (including phenoxy) is 1. The van der Waals surface area contributed by atoms with Crippen LogP contribution < -0.4 is 5.32 Å². The highest BCUT2D eigenvalue weighted by Crippen LogP contribution is 2.40.